The summed E-state index contributed by atoms with van der Waals surface area (Å²) >= 11 is 0. The van der Waals surface area contributed by atoms with Gasteiger partial charge in [-0.15, -0.1) is 0 Å². The van der Waals surface area contributed by atoms with Crippen LogP contribution in [0.25, 0.3) is 11.2 Å². The summed E-state index contributed by atoms with van der Waals surface area (Å²) in [6, 6.07) is 15.6. The Morgan fingerprint density at radius 1 is 1.06 bits per heavy atom. The van der Waals surface area contributed by atoms with Crippen molar-refractivity contribution in [1.82, 2.24) is 18.7 Å². The molecule has 0 aliphatic carbocycles. The van der Waals surface area contributed by atoms with E-state index in [4.69, 9.17) is 4.74 Å². The van der Waals surface area contributed by atoms with Crippen LogP contribution in [0.15, 0.2) is 58.1 Å². The normalized spacial score (nSPS) is 13.1. The molecule has 0 amide bonds. The van der Waals surface area contributed by atoms with E-state index in [9.17, 15) is 9.59 Å². The van der Waals surface area contributed by atoms with Crippen LogP contribution in [0.3, 0.4) is 0 Å². The second kappa shape index (κ2) is 7.16. The van der Waals surface area contributed by atoms with Gasteiger partial charge in [0.1, 0.15) is 5.75 Å². The number of imidazole rings is 1. The van der Waals surface area contributed by atoms with Gasteiger partial charge >= 0.3 is 5.69 Å². The summed E-state index contributed by atoms with van der Waals surface area (Å²) in [4.78, 5) is 33.1. The lowest BCUT2D eigenvalue weighted by Crippen LogP contribution is -2.40. The third-order valence-corrected chi connectivity index (χ3v) is 5.83. The second-order valence-electron chi connectivity index (χ2n) is 7.81. The van der Waals surface area contributed by atoms with E-state index in [1.54, 1.807) is 14.2 Å². The van der Waals surface area contributed by atoms with E-state index in [0.717, 1.165) is 22.6 Å². The fourth-order valence-corrected chi connectivity index (χ4v) is 4.12. The minimum Gasteiger partial charge on any atom is -0.497 e. The zero-order chi connectivity index (χ0) is 21.7. The molecule has 0 saturated heterocycles. The molecule has 0 fully saturated rings. The summed E-state index contributed by atoms with van der Waals surface area (Å²) in [7, 11) is 3.29. The minimum atomic E-state index is -0.372. The molecule has 0 unspecified atom stereocenters. The molecule has 31 heavy (non-hydrogen) atoms. The van der Waals surface area contributed by atoms with Crippen LogP contribution >= 0.6 is 0 Å². The molecule has 158 valence electrons. The molecule has 8 heteroatoms. The van der Waals surface area contributed by atoms with E-state index in [1.807, 2.05) is 64.9 Å². The second-order valence-corrected chi connectivity index (χ2v) is 7.81. The highest BCUT2D eigenvalue weighted by atomic mass is 16.5. The van der Waals surface area contributed by atoms with Gasteiger partial charge in [-0.2, -0.15) is 4.98 Å². The number of anilines is 2. The fraction of sp³-hybridized carbons (Fsp3) is 0.261. The highest BCUT2D eigenvalue weighted by Crippen LogP contribution is 2.33. The molecular weight excluding hydrogens is 394 g/mol. The summed E-state index contributed by atoms with van der Waals surface area (Å²) in [6.07, 6.45) is 0. The molecule has 1 aliphatic heterocycles. The van der Waals surface area contributed by atoms with Gasteiger partial charge in [0.15, 0.2) is 11.2 Å². The maximum atomic E-state index is 13.4. The summed E-state index contributed by atoms with van der Waals surface area (Å²) < 4.78 is 9.99. The first-order valence-electron chi connectivity index (χ1n) is 10.1. The van der Waals surface area contributed by atoms with Gasteiger partial charge in [0, 0.05) is 31.9 Å². The van der Waals surface area contributed by atoms with E-state index in [2.05, 4.69) is 4.98 Å². The zero-order valence-corrected chi connectivity index (χ0v) is 17.7. The van der Waals surface area contributed by atoms with Crippen LogP contribution < -0.4 is 20.9 Å². The first-order valence-corrected chi connectivity index (χ1v) is 10.1. The number of fused-ring (bicyclic) bond motifs is 3. The zero-order valence-electron chi connectivity index (χ0n) is 17.7. The Bertz CT molecular complexity index is 1410. The van der Waals surface area contributed by atoms with Gasteiger partial charge in [-0.1, -0.05) is 35.9 Å². The maximum absolute atomic E-state index is 13.4. The average Bonchev–Trinajstić information content (AvgIpc) is 3.36. The first kappa shape index (κ1) is 19.2. The van der Waals surface area contributed by atoms with Crippen LogP contribution in [-0.4, -0.2) is 32.3 Å². The first-order chi connectivity index (χ1) is 15.0. The van der Waals surface area contributed by atoms with Crippen molar-refractivity contribution in [1.29, 1.82) is 0 Å². The van der Waals surface area contributed by atoms with Crippen LogP contribution in [0.2, 0.25) is 0 Å². The molecule has 0 spiro atoms. The summed E-state index contributed by atoms with van der Waals surface area (Å²) in [5.74, 6) is 1.41. The predicted molar refractivity (Wildman–Crippen MR) is 120 cm³/mol. The van der Waals surface area contributed by atoms with Gasteiger partial charge in [-0.25, -0.2) is 4.79 Å². The number of ether oxygens (including phenoxy) is 1. The Balaban J connectivity index is 1.65. The lowest BCUT2D eigenvalue weighted by molar-refractivity contribution is 0.415. The molecule has 0 N–H and O–H groups in total. The smallest absolute Gasteiger partial charge is 0.332 e. The van der Waals surface area contributed by atoms with Crippen LogP contribution in [0.1, 0.15) is 11.1 Å². The Kier molecular flexibility index (Phi) is 4.43. The number of aryl methyl sites for hydroxylation is 2. The van der Waals surface area contributed by atoms with Crippen LogP contribution in [0.4, 0.5) is 11.6 Å². The number of hydrogen-bond donors (Lipinski definition) is 0. The Hall–Kier alpha value is -3.81. The molecule has 0 atom stereocenters. The van der Waals surface area contributed by atoms with Crippen molar-refractivity contribution in [2.75, 3.05) is 18.6 Å². The van der Waals surface area contributed by atoms with E-state index in [1.165, 1.54) is 9.13 Å². The Morgan fingerprint density at radius 3 is 2.58 bits per heavy atom. The summed E-state index contributed by atoms with van der Waals surface area (Å²) in [6.45, 7) is 3.53. The average molecular weight is 417 g/mol. The van der Waals surface area contributed by atoms with Gasteiger partial charge in [-0.3, -0.25) is 13.9 Å². The van der Waals surface area contributed by atoms with E-state index < -0.39 is 0 Å². The minimum absolute atomic E-state index is 0.224. The van der Waals surface area contributed by atoms with Crippen molar-refractivity contribution in [3.63, 3.8) is 0 Å². The van der Waals surface area contributed by atoms with E-state index in [-0.39, 0.29) is 17.8 Å². The Labute approximate surface area is 178 Å². The quantitative estimate of drug-likeness (QED) is 0.510. The maximum Gasteiger partial charge on any atom is 0.332 e. The van der Waals surface area contributed by atoms with Gasteiger partial charge in [-0.05, 0) is 24.6 Å². The van der Waals surface area contributed by atoms with Crippen molar-refractivity contribution in [3.05, 3.63) is 80.5 Å². The third-order valence-electron chi connectivity index (χ3n) is 5.83. The SMILES string of the molecule is COc1cccc(N2CCn3c2nc2c3c(=O)n(Cc3ccc(C)cc3)c(=O)n2C)c1. The molecular formula is C23H23N5O3. The van der Waals surface area contributed by atoms with Crippen LogP contribution in [0, 0.1) is 6.92 Å². The molecule has 4 aromatic rings. The largest absolute Gasteiger partial charge is 0.497 e. The number of nitrogens with zero attached hydrogens (tertiary/aromatic N) is 5. The molecule has 0 bridgehead atoms. The monoisotopic (exact) mass is 417 g/mol. The summed E-state index contributed by atoms with van der Waals surface area (Å²) in [5, 5.41) is 0. The Morgan fingerprint density at radius 2 is 1.84 bits per heavy atom. The van der Waals surface area contributed by atoms with Gasteiger partial charge in [0.2, 0.25) is 5.95 Å². The lowest BCUT2D eigenvalue weighted by Gasteiger charge is -2.16. The number of rotatable bonds is 4. The lowest BCUT2D eigenvalue weighted by atomic mass is 10.1. The topological polar surface area (TPSA) is 74.3 Å². The number of aromatic nitrogens is 4. The van der Waals surface area contributed by atoms with Crippen molar-refractivity contribution in [2.24, 2.45) is 7.05 Å². The third kappa shape index (κ3) is 3.02. The van der Waals surface area contributed by atoms with Gasteiger partial charge in [0.25, 0.3) is 5.56 Å². The van der Waals surface area contributed by atoms with Crippen LogP contribution in [0.5, 0.6) is 5.75 Å². The fourth-order valence-electron chi connectivity index (χ4n) is 4.12. The van der Waals surface area contributed by atoms with Gasteiger partial charge < -0.3 is 14.2 Å². The molecule has 2 aromatic heterocycles. The molecule has 5 rings (SSSR count). The van der Waals surface area contributed by atoms with Crippen molar-refractivity contribution >= 4 is 22.8 Å². The van der Waals surface area contributed by atoms with Crippen LogP contribution in [-0.2, 0) is 20.1 Å². The number of methoxy groups -OCH3 is 1. The molecule has 3 heterocycles. The van der Waals surface area contributed by atoms with Gasteiger partial charge in [0.05, 0.1) is 13.7 Å². The molecule has 8 nitrogen and oxygen atoms in total. The molecule has 2 aromatic carbocycles. The molecule has 0 radical (unpaired) electrons. The van der Waals surface area contributed by atoms with Crippen molar-refractivity contribution in [3.8, 4) is 5.75 Å². The highest BCUT2D eigenvalue weighted by Gasteiger charge is 2.28. The number of benzene rings is 2. The standard InChI is InChI=1S/C23H23N5O3/c1-15-7-9-16(10-8-15)14-28-21(29)19-20(25(2)23(28)30)24-22-26(11-12-27(19)22)17-5-4-6-18(13-17)31-3/h4-10,13H,11-12,14H2,1-3H3. The van der Waals surface area contributed by atoms with E-state index in [0.29, 0.717) is 30.2 Å². The number of hydrogen-bond acceptors (Lipinski definition) is 5. The molecule has 1 aliphatic rings. The molecule has 0 saturated carbocycles. The summed E-state index contributed by atoms with van der Waals surface area (Å²) in [5.41, 5.74) is 3.13. The van der Waals surface area contributed by atoms with Crippen molar-refractivity contribution < 1.29 is 4.74 Å². The van der Waals surface area contributed by atoms with Crippen molar-refractivity contribution in [2.45, 2.75) is 20.0 Å². The predicted octanol–water partition coefficient (Wildman–Crippen LogP) is 2.41. The highest BCUT2D eigenvalue weighted by molar-refractivity contribution is 5.78. The van der Waals surface area contributed by atoms with E-state index >= 15 is 0 Å².